The number of amides is 2. The lowest BCUT2D eigenvalue weighted by Crippen LogP contribution is -2.44. The number of ether oxygens (including phenoxy) is 1. The zero-order chi connectivity index (χ0) is 20.9. The Morgan fingerprint density at radius 1 is 1.03 bits per heavy atom. The van der Waals surface area contributed by atoms with Gasteiger partial charge in [0.25, 0.3) is 0 Å². The van der Waals surface area contributed by atoms with Gasteiger partial charge in [-0.15, -0.1) is 0 Å². The molecule has 3 rings (SSSR count). The highest BCUT2D eigenvalue weighted by molar-refractivity contribution is 5.79. The maximum absolute atomic E-state index is 12.7. The van der Waals surface area contributed by atoms with Crippen molar-refractivity contribution in [2.24, 2.45) is 5.92 Å². The van der Waals surface area contributed by atoms with E-state index in [2.05, 4.69) is 28.4 Å². The third-order valence-corrected chi connectivity index (χ3v) is 5.68. The van der Waals surface area contributed by atoms with Gasteiger partial charge in [0.15, 0.2) is 0 Å². The van der Waals surface area contributed by atoms with Crippen molar-refractivity contribution in [2.75, 3.05) is 26.2 Å². The van der Waals surface area contributed by atoms with E-state index < -0.39 is 5.60 Å². The predicted octanol–water partition coefficient (Wildman–Crippen LogP) is 3.55. The van der Waals surface area contributed by atoms with Crippen molar-refractivity contribution in [3.8, 4) is 0 Å². The summed E-state index contributed by atoms with van der Waals surface area (Å²) in [6.45, 7) is 10.6. The fraction of sp³-hybridized carbons (Fsp3) is 0.652. The maximum Gasteiger partial charge on any atom is 0.410 e. The van der Waals surface area contributed by atoms with Crippen LogP contribution in [0.4, 0.5) is 4.79 Å². The molecule has 0 aliphatic carbocycles. The summed E-state index contributed by atoms with van der Waals surface area (Å²) >= 11 is 0. The van der Waals surface area contributed by atoms with Crippen molar-refractivity contribution in [1.82, 2.24) is 15.1 Å². The van der Waals surface area contributed by atoms with Gasteiger partial charge in [0.1, 0.15) is 5.60 Å². The molecule has 160 valence electrons. The molecule has 29 heavy (non-hydrogen) atoms. The first-order valence-electron chi connectivity index (χ1n) is 10.9. The van der Waals surface area contributed by atoms with Gasteiger partial charge in [0.05, 0.1) is 0 Å². The van der Waals surface area contributed by atoms with Crippen molar-refractivity contribution in [2.45, 2.75) is 65.1 Å². The normalized spacial score (nSPS) is 18.7. The van der Waals surface area contributed by atoms with Crippen molar-refractivity contribution in [3.63, 3.8) is 0 Å². The minimum Gasteiger partial charge on any atom is -0.444 e. The van der Waals surface area contributed by atoms with Crippen LogP contribution in [0.5, 0.6) is 0 Å². The fourth-order valence-electron chi connectivity index (χ4n) is 4.04. The van der Waals surface area contributed by atoms with Gasteiger partial charge in [-0.05, 0) is 70.7 Å². The lowest BCUT2D eigenvalue weighted by Gasteiger charge is -2.33. The molecule has 2 fully saturated rings. The first-order chi connectivity index (χ1) is 13.8. The Morgan fingerprint density at radius 3 is 2.28 bits per heavy atom. The summed E-state index contributed by atoms with van der Waals surface area (Å²) in [7, 11) is 0. The van der Waals surface area contributed by atoms with Crippen molar-refractivity contribution in [3.05, 3.63) is 35.4 Å². The van der Waals surface area contributed by atoms with Crippen LogP contribution < -0.4 is 5.32 Å². The van der Waals surface area contributed by atoms with Crippen LogP contribution in [-0.2, 0) is 22.6 Å². The van der Waals surface area contributed by atoms with E-state index in [1.165, 1.54) is 24.0 Å². The van der Waals surface area contributed by atoms with Crippen molar-refractivity contribution >= 4 is 12.0 Å². The number of carbonyl (C=O) groups is 2. The molecule has 2 amide bonds. The monoisotopic (exact) mass is 401 g/mol. The molecule has 6 nitrogen and oxygen atoms in total. The minimum atomic E-state index is -0.492. The van der Waals surface area contributed by atoms with Gasteiger partial charge in [0, 0.05) is 32.1 Å². The molecule has 0 atom stereocenters. The number of benzene rings is 1. The Hall–Kier alpha value is -2.08. The molecule has 1 aromatic rings. The number of hydrogen-bond acceptors (Lipinski definition) is 4. The van der Waals surface area contributed by atoms with Crippen LogP contribution in [-0.4, -0.2) is 53.6 Å². The summed E-state index contributed by atoms with van der Waals surface area (Å²) in [4.78, 5) is 29.0. The molecule has 0 unspecified atom stereocenters. The molecule has 2 heterocycles. The van der Waals surface area contributed by atoms with E-state index in [1.807, 2.05) is 26.8 Å². The molecule has 0 radical (unpaired) electrons. The van der Waals surface area contributed by atoms with Gasteiger partial charge in [0.2, 0.25) is 5.91 Å². The first kappa shape index (κ1) is 21.6. The Morgan fingerprint density at radius 2 is 1.66 bits per heavy atom. The van der Waals surface area contributed by atoms with Crippen LogP contribution in [0.15, 0.2) is 24.3 Å². The zero-order valence-corrected chi connectivity index (χ0v) is 18.1. The summed E-state index contributed by atoms with van der Waals surface area (Å²) in [6, 6.07) is 8.38. The smallest absolute Gasteiger partial charge is 0.410 e. The Kier molecular flexibility index (Phi) is 7.17. The van der Waals surface area contributed by atoms with Crippen molar-refractivity contribution in [1.29, 1.82) is 0 Å². The molecule has 0 saturated carbocycles. The van der Waals surface area contributed by atoms with Crippen LogP contribution in [0.1, 0.15) is 57.6 Å². The minimum absolute atomic E-state index is 0.0422. The van der Waals surface area contributed by atoms with Crippen LogP contribution in [0.25, 0.3) is 0 Å². The van der Waals surface area contributed by atoms with Gasteiger partial charge in [-0.1, -0.05) is 24.3 Å². The fourth-order valence-corrected chi connectivity index (χ4v) is 4.04. The third kappa shape index (κ3) is 6.46. The summed E-state index contributed by atoms with van der Waals surface area (Å²) in [6.07, 6.45) is 3.63. The summed E-state index contributed by atoms with van der Waals surface area (Å²) in [5, 5.41) is 3.12. The molecular formula is C23H35N3O3. The van der Waals surface area contributed by atoms with E-state index in [1.54, 1.807) is 4.90 Å². The van der Waals surface area contributed by atoms with Crippen LogP contribution >= 0.6 is 0 Å². The molecule has 6 heteroatoms. The second-order valence-electron chi connectivity index (χ2n) is 9.21. The quantitative estimate of drug-likeness (QED) is 0.820. The van der Waals surface area contributed by atoms with E-state index in [-0.39, 0.29) is 17.9 Å². The number of rotatable bonds is 5. The average Bonchev–Trinajstić information content (AvgIpc) is 3.19. The number of nitrogens with one attached hydrogen (secondary N) is 1. The summed E-state index contributed by atoms with van der Waals surface area (Å²) in [5.74, 6) is 0.0456. The molecule has 0 spiro atoms. The van der Waals surface area contributed by atoms with Gasteiger partial charge in [-0.25, -0.2) is 4.79 Å². The Labute approximate surface area is 174 Å². The summed E-state index contributed by atoms with van der Waals surface area (Å²) < 4.78 is 5.43. The van der Waals surface area contributed by atoms with E-state index >= 15 is 0 Å². The molecule has 1 aromatic carbocycles. The standard InChI is InChI=1S/C23H35N3O3/c1-23(2,3)29-22(28)26-14-10-18(11-15-26)21(27)24-16-19-8-4-5-9-20(19)17-25-12-6-7-13-25/h4-5,8-9,18H,6-7,10-17H2,1-3H3,(H,24,27). The zero-order valence-electron chi connectivity index (χ0n) is 18.1. The molecule has 2 aliphatic rings. The molecule has 2 aliphatic heterocycles. The molecule has 1 N–H and O–H groups in total. The van der Waals surface area contributed by atoms with E-state index in [4.69, 9.17) is 4.74 Å². The Bertz CT molecular complexity index is 700. The molecule has 2 saturated heterocycles. The lowest BCUT2D eigenvalue weighted by molar-refractivity contribution is -0.126. The van der Waals surface area contributed by atoms with E-state index in [9.17, 15) is 9.59 Å². The van der Waals surface area contributed by atoms with Gasteiger partial charge in [-0.3, -0.25) is 9.69 Å². The van der Waals surface area contributed by atoms with E-state index in [0.29, 0.717) is 32.5 Å². The number of hydrogen-bond donors (Lipinski definition) is 1. The molecule has 0 bridgehead atoms. The van der Waals surface area contributed by atoms with E-state index in [0.717, 1.165) is 19.6 Å². The van der Waals surface area contributed by atoms with Crippen LogP contribution in [0.2, 0.25) is 0 Å². The van der Waals surface area contributed by atoms with Crippen LogP contribution in [0.3, 0.4) is 0 Å². The topological polar surface area (TPSA) is 61.9 Å². The second-order valence-corrected chi connectivity index (χ2v) is 9.21. The number of piperidine rings is 1. The largest absolute Gasteiger partial charge is 0.444 e. The first-order valence-corrected chi connectivity index (χ1v) is 10.9. The average molecular weight is 402 g/mol. The highest BCUT2D eigenvalue weighted by Crippen LogP contribution is 2.21. The van der Waals surface area contributed by atoms with Gasteiger partial charge < -0.3 is 15.0 Å². The SMILES string of the molecule is CC(C)(C)OC(=O)N1CCC(C(=O)NCc2ccccc2CN2CCCC2)CC1. The molecule has 0 aromatic heterocycles. The highest BCUT2D eigenvalue weighted by Gasteiger charge is 2.29. The Balaban J connectivity index is 1.46. The number of likely N-dealkylation sites (tertiary alicyclic amines) is 2. The second kappa shape index (κ2) is 9.61. The van der Waals surface area contributed by atoms with Crippen molar-refractivity contribution < 1.29 is 14.3 Å². The number of nitrogens with zero attached hydrogens (tertiary/aromatic N) is 2. The van der Waals surface area contributed by atoms with Gasteiger partial charge >= 0.3 is 6.09 Å². The van der Waals surface area contributed by atoms with Gasteiger partial charge in [-0.2, -0.15) is 0 Å². The highest BCUT2D eigenvalue weighted by atomic mass is 16.6. The number of carbonyl (C=O) groups excluding carboxylic acids is 2. The molecular weight excluding hydrogens is 366 g/mol. The predicted molar refractivity (Wildman–Crippen MR) is 113 cm³/mol. The lowest BCUT2D eigenvalue weighted by atomic mass is 9.96. The maximum atomic E-state index is 12.7. The van der Waals surface area contributed by atoms with Crippen LogP contribution in [0, 0.1) is 5.92 Å². The third-order valence-electron chi connectivity index (χ3n) is 5.68. The summed E-state index contributed by atoms with van der Waals surface area (Å²) in [5.41, 5.74) is 2.00.